The molecule has 1 aromatic rings. The lowest BCUT2D eigenvalue weighted by Gasteiger charge is -2.26. The van der Waals surface area contributed by atoms with Gasteiger partial charge in [0.05, 0.1) is 16.7 Å². The molecule has 1 heterocycles. The van der Waals surface area contributed by atoms with Crippen LogP contribution >= 0.6 is 11.3 Å². The molecule has 4 nitrogen and oxygen atoms in total. The number of aromatic nitrogens is 1. The fourth-order valence-corrected chi connectivity index (χ4v) is 1.77. The Morgan fingerprint density at radius 2 is 2.36 bits per heavy atom. The third kappa shape index (κ3) is 2.52. The average molecular weight is 213 g/mol. The van der Waals surface area contributed by atoms with Crippen molar-refractivity contribution in [2.24, 2.45) is 5.73 Å². The second kappa shape index (κ2) is 4.06. The summed E-state index contributed by atoms with van der Waals surface area (Å²) < 4.78 is 0. The number of hydrogen-bond acceptors (Lipinski definition) is 4. The molecule has 0 saturated carbocycles. The molecule has 0 aliphatic rings. The van der Waals surface area contributed by atoms with Crippen LogP contribution in [0.3, 0.4) is 0 Å². The topological polar surface area (TPSA) is 68.0 Å². The van der Waals surface area contributed by atoms with E-state index in [2.05, 4.69) is 10.3 Å². The zero-order valence-electron chi connectivity index (χ0n) is 8.57. The highest BCUT2D eigenvalue weighted by Crippen LogP contribution is 2.15. The van der Waals surface area contributed by atoms with E-state index in [9.17, 15) is 4.79 Å². The Labute approximate surface area is 87.5 Å². The first-order valence-corrected chi connectivity index (χ1v) is 5.33. The molecule has 14 heavy (non-hydrogen) atoms. The highest BCUT2D eigenvalue weighted by molar-refractivity contribution is 7.07. The van der Waals surface area contributed by atoms with E-state index >= 15 is 0 Å². The van der Waals surface area contributed by atoms with E-state index in [-0.39, 0.29) is 11.9 Å². The van der Waals surface area contributed by atoms with Crippen molar-refractivity contribution in [3.8, 4) is 0 Å². The maximum Gasteiger partial charge on any atom is 0.237 e. The summed E-state index contributed by atoms with van der Waals surface area (Å²) in [6.45, 7) is 5.48. The largest absolute Gasteiger partial charge is 0.368 e. The summed E-state index contributed by atoms with van der Waals surface area (Å²) in [5, 5.41) is 5.08. The predicted molar refractivity (Wildman–Crippen MR) is 56.9 cm³/mol. The first-order valence-electron chi connectivity index (χ1n) is 4.39. The molecule has 0 fully saturated rings. The van der Waals surface area contributed by atoms with Gasteiger partial charge in [-0.2, -0.15) is 0 Å². The van der Waals surface area contributed by atoms with Gasteiger partial charge in [-0.3, -0.25) is 10.1 Å². The third-order valence-corrected chi connectivity index (χ3v) is 2.69. The Hall–Kier alpha value is -0.940. The Bertz CT molecular complexity index is 308. The van der Waals surface area contributed by atoms with E-state index in [1.165, 1.54) is 11.3 Å². The Morgan fingerprint density at radius 1 is 1.71 bits per heavy atom. The molecule has 1 unspecified atom stereocenters. The van der Waals surface area contributed by atoms with Crippen LogP contribution in [0.4, 0.5) is 0 Å². The SMILES string of the molecule is CC(NC(C)(C)C(N)=O)c1cscn1. The van der Waals surface area contributed by atoms with Crippen molar-refractivity contribution < 1.29 is 4.79 Å². The highest BCUT2D eigenvalue weighted by atomic mass is 32.1. The van der Waals surface area contributed by atoms with Crippen molar-refractivity contribution in [1.82, 2.24) is 10.3 Å². The van der Waals surface area contributed by atoms with Gasteiger partial charge in [0.15, 0.2) is 0 Å². The normalized spacial score (nSPS) is 13.9. The van der Waals surface area contributed by atoms with Gasteiger partial charge in [-0.15, -0.1) is 11.3 Å². The third-order valence-electron chi connectivity index (χ3n) is 2.09. The minimum atomic E-state index is -0.705. The van der Waals surface area contributed by atoms with Gasteiger partial charge in [-0.05, 0) is 20.8 Å². The van der Waals surface area contributed by atoms with Crippen LogP contribution in [0.1, 0.15) is 32.5 Å². The molecule has 0 aliphatic heterocycles. The summed E-state index contributed by atoms with van der Waals surface area (Å²) in [6, 6.07) is 0.0312. The number of carbonyl (C=O) groups excluding carboxylic acids is 1. The number of carbonyl (C=O) groups is 1. The van der Waals surface area contributed by atoms with Crippen LogP contribution in [0, 0.1) is 0 Å². The summed E-state index contributed by atoms with van der Waals surface area (Å²) in [4.78, 5) is 15.2. The Morgan fingerprint density at radius 3 is 2.79 bits per heavy atom. The molecule has 0 bridgehead atoms. The molecular formula is C9H15N3OS. The minimum Gasteiger partial charge on any atom is -0.368 e. The smallest absolute Gasteiger partial charge is 0.237 e. The number of hydrogen-bond donors (Lipinski definition) is 2. The molecule has 0 aliphatic carbocycles. The zero-order valence-corrected chi connectivity index (χ0v) is 9.39. The standard InChI is InChI=1S/C9H15N3OS/c1-6(7-4-14-5-11-7)12-9(2,3)8(10)13/h4-6,12H,1-3H3,(H2,10,13). The fourth-order valence-electron chi connectivity index (χ4n) is 1.12. The lowest BCUT2D eigenvalue weighted by Crippen LogP contribution is -2.51. The number of nitrogens with two attached hydrogens (primary N) is 1. The number of rotatable bonds is 4. The van der Waals surface area contributed by atoms with Crippen molar-refractivity contribution in [3.05, 3.63) is 16.6 Å². The second-order valence-electron chi connectivity index (χ2n) is 3.77. The van der Waals surface area contributed by atoms with Crippen LogP contribution < -0.4 is 11.1 Å². The van der Waals surface area contributed by atoms with E-state index < -0.39 is 5.54 Å². The highest BCUT2D eigenvalue weighted by Gasteiger charge is 2.27. The summed E-state index contributed by atoms with van der Waals surface area (Å²) in [5.74, 6) is -0.362. The molecule has 1 rings (SSSR count). The van der Waals surface area contributed by atoms with Gasteiger partial charge >= 0.3 is 0 Å². The van der Waals surface area contributed by atoms with Crippen LogP contribution in [0.15, 0.2) is 10.9 Å². The van der Waals surface area contributed by atoms with Crippen molar-refractivity contribution in [2.45, 2.75) is 32.4 Å². The lowest BCUT2D eigenvalue weighted by molar-refractivity contribution is -0.123. The Kier molecular flexibility index (Phi) is 3.23. The Balaban J connectivity index is 2.66. The molecule has 1 amide bonds. The van der Waals surface area contributed by atoms with Gasteiger partial charge in [-0.1, -0.05) is 0 Å². The maximum atomic E-state index is 11.1. The molecule has 0 saturated heterocycles. The van der Waals surface area contributed by atoms with Crippen molar-refractivity contribution in [2.75, 3.05) is 0 Å². The monoisotopic (exact) mass is 213 g/mol. The van der Waals surface area contributed by atoms with Crippen LogP contribution in [0.5, 0.6) is 0 Å². The molecule has 0 aromatic carbocycles. The van der Waals surface area contributed by atoms with Crippen LogP contribution in [0.2, 0.25) is 0 Å². The molecule has 5 heteroatoms. The second-order valence-corrected chi connectivity index (χ2v) is 4.49. The molecule has 3 N–H and O–H groups in total. The number of thiazole rings is 1. The van der Waals surface area contributed by atoms with E-state index in [1.54, 1.807) is 19.4 Å². The van der Waals surface area contributed by atoms with Gasteiger partial charge in [0.1, 0.15) is 0 Å². The summed E-state index contributed by atoms with van der Waals surface area (Å²) in [7, 11) is 0. The summed E-state index contributed by atoms with van der Waals surface area (Å²) >= 11 is 1.54. The quantitative estimate of drug-likeness (QED) is 0.785. The van der Waals surface area contributed by atoms with Crippen LogP contribution in [-0.4, -0.2) is 16.4 Å². The van der Waals surface area contributed by atoms with Gasteiger partial charge in [0.25, 0.3) is 0 Å². The number of amides is 1. The minimum absolute atomic E-state index is 0.0312. The maximum absolute atomic E-state index is 11.1. The van der Waals surface area contributed by atoms with Crippen LogP contribution in [-0.2, 0) is 4.79 Å². The van der Waals surface area contributed by atoms with Gasteiger partial charge in [0.2, 0.25) is 5.91 Å². The lowest BCUT2D eigenvalue weighted by atomic mass is 10.0. The predicted octanol–water partition coefficient (Wildman–Crippen LogP) is 1.06. The van der Waals surface area contributed by atoms with E-state index in [1.807, 2.05) is 12.3 Å². The molecule has 78 valence electrons. The van der Waals surface area contributed by atoms with E-state index in [4.69, 9.17) is 5.73 Å². The number of primary amides is 1. The molecular weight excluding hydrogens is 198 g/mol. The first kappa shape index (κ1) is 11.1. The first-order chi connectivity index (χ1) is 6.43. The van der Waals surface area contributed by atoms with E-state index in [0.29, 0.717) is 0 Å². The van der Waals surface area contributed by atoms with Crippen LogP contribution in [0.25, 0.3) is 0 Å². The van der Waals surface area contributed by atoms with Crippen molar-refractivity contribution >= 4 is 17.2 Å². The number of nitrogens with one attached hydrogen (secondary N) is 1. The van der Waals surface area contributed by atoms with E-state index in [0.717, 1.165) is 5.69 Å². The fraction of sp³-hybridized carbons (Fsp3) is 0.556. The number of nitrogens with zero attached hydrogens (tertiary/aromatic N) is 1. The van der Waals surface area contributed by atoms with Gasteiger partial charge in [0, 0.05) is 11.4 Å². The molecule has 1 atom stereocenters. The molecule has 1 aromatic heterocycles. The molecule has 0 radical (unpaired) electrons. The van der Waals surface area contributed by atoms with Gasteiger partial charge in [-0.25, -0.2) is 4.98 Å². The average Bonchev–Trinajstić information content (AvgIpc) is 2.54. The molecule has 0 spiro atoms. The summed E-state index contributed by atoms with van der Waals surface area (Å²) in [5.41, 5.74) is 7.25. The van der Waals surface area contributed by atoms with Crippen molar-refractivity contribution in [1.29, 1.82) is 0 Å². The summed E-state index contributed by atoms with van der Waals surface area (Å²) in [6.07, 6.45) is 0. The van der Waals surface area contributed by atoms with Gasteiger partial charge < -0.3 is 5.73 Å². The zero-order chi connectivity index (χ0) is 10.8. The van der Waals surface area contributed by atoms with Crippen molar-refractivity contribution in [3.63, 3.8) is 0 Å².